The molecule has 0 aliphatic carbocycles. The Kier molecular flexibility index (Phi) is 3.14. The highest BCUT2D eigenvalue weighted by atomic mass is 35.5. The minimum absolute atomic E-state index is 0. The van der Waals surface area contributed by atoms with Crippen LogP contribution in [0.3, 0.4) is 0 Å². The number of nitrogens with zero attached hydrogens (tertiary/aromatic N) is 1. The number of hydrogen-bond acceptors (Lipinski definition) is 4. The zero-order valence-electron chi connectivity index (χ0n) is 7.23. The van der Waals surface area contributed by atoms with Gasteiger partial charge in [0.05, 0.1) is 16.7 Å². The molecule has 5 nitrogen and oxygen atoms in total. The molecule has 1 aromatic carbocycles. The van der Waals surface area contributed by atoms with Gasteiger partial charge in [0.2, 0.25) is 0 Å². The normalized spacial score (nSPS) is 12.9. The molecule has 2 rings (SSSR count). The van der Waals surface area contributed by atoms with Gasteiger partial charge < -0.3 is 10.1 Å². The third-order valence-corrected chi connectivity index (χ3v) is 1.85. The molecule has 0 radical (unpaired) electrons. The summed E-state index contributed by atoms with van der Waals surface area (Å²) < 4.78 is 5.25. The first-order valence-electron chi connectivity index (χ1n) is 3.92. The average molecular weight is 217 g/mol. The molecule has 0 spiro atoms. The van der Waals surface area contributed by atoms with E-state index < -0.39 is 4.92 Å². The van der Waals surface area contributed by atoms with Crippen molar-refractivity contribution < 1.29 is 9.66 Å². The molecule has 14 heavy (non-hydrogen) atoms. The highest BCUT2D eigenvalue weighted by Crippen LogP contribution is 2.30. The second kappa shape index (κ2) is 4.15. The second-order valence-electron chi connectivity index (χ2n) is 2.71. The highest BCUT2D eigenvalue weighted by Gasteiger charge is 2.14. The van der Waals surface area contributed by atoms with Gasteiger partial charge in [-0.15, -0.1) is 12.4 Å². The van der Waals surface area contributed by atoms with Crippen molar-refractivity contribution in [3.8, 4) is 5.75 Å². The first-order valence-corrected chi connectivity index (χ1v) is 3.92. The molecule has 1 aliphatic rings. The van der Waals surface area contributed by atoms with Gasteiger partial charge in [0.25, 0.3) is 5.69 Å². The summed E-state index contributed by atoms with van der Waals surface area (Å²) in [5, 5.41) is 13.5. The summed E-state index contributed by atoms with van der Waals surface area (Å²) in [5.41, 5.74) is 0.874. The molecule has 0 saturated carbocycles. The van der Waals surface area contributed by atoms with Gasteiger partial charge in [-0.25, -0.2) is 0 Å². The van der Waals surface area contributed by atoms with Crippen LogP contribution in [0, 0.1) is 10.1 Å². The Labute approximate surface area is 86.6 Å². The average Bonchev–Trinajstić information content (AvgIpc) is 2.17. The number of nitrogens with one attached hydrogen (secondary N) is 1. The van der Waals surface area contributed by atoms with Gasteiger partial charge >= 0.3 is 0 Å². The van der Waals surface area contributed by atoms with Gasteiger partial charge in [-0.3, -0.25) is 10.1 Å². The van der Waals surface area contributed by atoms with E-state index in [-0.39, 0.29) is 18.1 Å². The van der Waals surface area contributed by atoms with Crippen molar-refractivity contribution in [2.45, 2.75) is 0 Å². The van der Waals surface area contributed by atoms with Crippen LogP contribution in [0.15, 0.2) is 18.2 Å². The zero-order valence-corrected chi connectivity index (χ0v) is 8.04. The van der Waals surface area contributed by atoms with Gasteiger partial charge in [0.1, 0.15) is 12.4 Å². The summed E-state index contributed by atoms with van der Waals surface area (Å²) in [4.78, 5) is 9.98. The topological polar surface area (TPSA) is 64.4 Å². The van der Waals surface area contributed by atoms with E-state index in [2.05, 4.69) is 5.32 Å². The number of halogens is 1. The number of fused-ring (bicyclic) bond motifs is 1. The monoisotopic (exact) mass is 216 g/mol. The molecule has 76 valence electrons. The van der Waals surface area contributed by atoms with E-state index in [1.165, 1.54) is 12.1 Å². The van der Waals surface area contributed by atoms with Gasteiger partial charge in [-0.05, 0) is 6.07 Å². The summed E-state index contributed by atoms with van der Waals surface area (Å²) in [6.07, 6.45) is 0. The third-order valence-electron chi connectivity index (χ3n) is 1.85. The van der Waals surface area contributed by atoms with Crippen molar-refractivity contribution in [1.29, 1.82) is 0 Å². The van der Waals surface area contributed by atoms with E-state index >= 15 is 0 Å². The highest BCUT2D eigenvalue weighted by molar-refractivity contribution is 5.85. The number of rotatable bonds is 1. The number of anilines is 1. The van der Waals surface area contributed by atoms with Crippen LogP contribution in [0.4, 0.5) is 11.4 Å². The van der Waals surface area contributed by atoms with Gasteiger partial charge in [0, 0.05) is 12.6 Å². The van der Waals surface area contributed by atoms with Crippen LogP contribution in [-0.2, 0) is 0 Å². The maximum atomic E-state index is 10.4. The quantitative estimate of drug-likeness (QED) is 0.575. The smallest absolute Gasteiger partial charge is 0.273 e. The Bertz CT molecular complexity index is 356. The van der Waals surface area contributed by atoms with Crippen molar-refractivity contribution in [2.24, 2.45) is 0 Å². The Morgan fingerprint density at radius 1 is 1.50 bits per heavy atom. The van der Waals surface area contributed by atoms with Gasteiger partial charge in [0.15, 0.2) is 0 Å². The van der Waals surface area contributed by atoms with E-state index in [1.807, 2.05) is 0 Å². The summed E-state index contributed by atoms with van der Waals surface area (Å²) in [5.74, 6) is 0.556. The summed E-state index contributed by atoms with van der Waals surface area (Å²) in [7, 11) is 0. The van der Waals surface area contributed by atoms with Crippen molar-refractivity contribution >= 4 is 23.8 Å². The molecular weight excluding hydrogens is 208 g/mol. The maximum absolute atomic E-state index is 10.4. The van der Waals surface area contributed by atoms with E-state index in [0.717, 1.165) is 12.2 Å². The molecule has 0 fully saturated rings. The SMILES string of the molecule is Cl.O=[N+]([O-])c1ccc2c(c1)OCCN2. The van der Waals surface area contributed by atoms with Crippen molar-refractivity contribution in [3.63, 3.8) is 0 Å². The zero-order chi connectivity index (χ0) is 9.26. The summed E-state index contributed by atoms with van der Waals surface area (Å²) in [6.45, 7) is 1.29. The Morgan fingerprint density at radius 3 is 3.00 bits per heavy atom. The Morgan fingerprint density at radius 2 is 2.29 bits per heavy atom. The predicted octanol–water partition coefficient (Wildman–Crippen LogP) is 1.82. The molecule has 0 aromatic heterocycles. The molecule has 0 unspecified atom stereocenters. The number of ether oxygens (including phenoxy) is 1. The summed E-state index contributed by atoms with van der Waals surface area (Å²) in [6, 6.07) is 4.55. The third kappa shape index (κ3) is 1.88. The minimum Gasteiger partial charge on any atom is -0.489 e. The van der Waals surface area contributed by atoms with Gasteiger partial charge in [-0.2, -0.15) is 0 Å². The number of nitro benzene ring substituents is 1. The first-order chi connectivity index (χ1) is 6.27. The van der Waals surface area contributed by atoms with Crippen LogP contribution in [0.1, 0.15) is 0 Å². The van der Waals surface area contributed by atoms with Crippen LogP contribution in [-0.4, -0.2) is 18.1 Å². The minimum atomic E-state index is -0.432. The molecule has 0 atom stereocenters. The van der Waals surface area contributed by atoms with E-state index in [1.54, 1.807) is 6.07 Å². The maximum Gasteiger partial charge on any atom is 0.273 e. The number of benzene rings is 1. The molecule has 0 amide bonds. The number of hydrogen-bond donors (Lipinski definition) is 1. The fourth-order valence-electron chi connectivity index (χ4n) is 1.24. The van der Waals surface area contributed by atoms with Crippen LogP contribution in [0.2, 0.25) is 0 Å². The lowest BCUT2D eigenvalue weighted by Gasteiger charge is -2.18. The van der Waals surface area contributed by atoms with E-state index in [9.17, 15) is 10.1 Å². The standard InChI is InChI=1S/C8H8N2O3.ClH/c11-10(12)6-1-2-7-8(5-6)13-4-3-9-7;/h1-2,5,9H,3-4H2;1H. The fraction of sp³-hybridized carbons (Fsp3) is 0.250. The van der Waals surface area contributed by atoms with Crippen molar-refractivity contribution in [3.05, 3.63) is 28.3 Å². The predicted molar refractivity (Wildman–Crippen MR) is 54.3 cm³/mol. The molecule has 0 bridgehead atoms. The lowest BCUT2D eigenvalue weighted by Crippen LogP contribution is -2.17. The Balaban J connectivity index is 0.000000980. The van der Waals surface area contributed by atoms with Crippen LogP contribution in [0.5, 0.6) is 5.75 Å². The summed E-state index contributed by atoms with van der Waals surface area (Å²) >= 11 is 0. The van der Waals surface area contributed by atoms with Crippen molar-refractivity contribution in [1.82, 2.24) is 0 Å². The number of nitro groups is 1. The molecular formula is C8H9ClN2O3. The molecule has 1 aliphatic heterocycles. The lowest BCUT2D eigenvalue weighted by atomic mass is 10.2. The molecule has 6 heteroatoms. The van der Waals surface area contributed by atoms with Crippen LogP contribution in [0.25, 0.3) is 0 Å². The van der Waals surface area contributed by atoms with E-state index in [0.29, 0.717) is 12.4 Å². The molecule has 1 N–H and O–H groups in total. The van der Waals surface area contributed by atoms with Gasteiger partial charge in [-0.1, -0.05) is 0 Å². The molecule has 1 aromatic rings. The fourth-order valence-corrected chi connectivity index (χ4v) is 1.24. The number of non-ortho nitro benzene ring substituents is 1. The van der Waals surface area contributed by atoms with Crippen LogP contribution < -0.4 is 10.1 Å². The molecule has 0 saturated heterocycles. The molecule has 1 heterocycles. The van der Waals surface area contributed by atoms with Crippen molar-refractivity contribution in [2.75, 3.05) is 18.5 Å². The second-order valence-corrected chi connectivity index (χ2v) is 2.71. The van der Waals surface area contributed by atoms with E-state index in [4.69, 9.17) is 4.74 Å². The lowest BCUT2D eigenvalue weighted by molar-refractivity contribution is -0.384. The largest absolute Gasteiger partial charge is 0.489 e. The Hall–Kier alpha value is -1.49. The first kappa shape index (κ1) is 10.6. The van der Waals surface area contributed by atoms with Crippen LogP contribution >= 0.6 is 12.4 Å².